The van der Waals surface area contributed by atoms with Crippen molar-refractivity contribution in [1.82, 2.24) is 0 Å². The first kappa shape index (κ1) is 16.2. The fourth-order valence-electron chi connectivity index (χ4n) is 2.91. The number of carbonyl (C=O) groups is 2. The highest BCUT2D eigenvalue weighted by molar-refractivity contribution is 6.08. The zero-order valence-corrected chi connectivity index (χ0v) is 13.4. The van der Waals surface area contributed by atoms with Crippen molar-refractivity contribution in [2.75, 3.05) is 18.6 Å². The zero-order valence-electron chi connectivity index (χ0n) is 13.4. The second-order valence-electron chi connectivity index (χ2n) is 5.73. The van der Waals surface area contributed by atoms with Gasteiger partial charge in [-0.3, -0.25) is 9.59 Å². The number of Topliss-reactive ketones (excluding diaryl/α,β-unsaturated/α-hetero) is 1. The Morgan fingerprint density at radius 2 is 2.08 bits per heavy atom. The van der Waals surface area contributed by atoms with Crippen molar-refractivity contribution in [3.05, 3.63) is 59.4 Å². The minimum atomic E-state index is -0.465. The monoisotopic (exact) mass is 327 g/mol. The van der Waals surface area contributed by atoms with Crippen molar-refractivity contribution >= 4 is 17.4 Å². The van der Waals surface area contributed by atoms with Crippen LogP contribution in [0, 0.1) is 5.82 Å². The summed E-state index contributed by atoms with van der Waals surface area (Å²) in [6, 6.07) is 11.6. The Hall–Kier alpha value is -2.69. The van der Waals surface area contributed by atoms with E-state index in [0.29, 0.717) is 25.1 Å². The van der Waals surface area contributed by atoms with Crippen molar-refractivity contribution < 1.29 is 18.7 Å². The highest BCUT2D eigenvalue weighted by Gasteiger charge is 2.27. The standard InChI is InChI=1S/C19H18FNO3/c1-24-15-4-2-3-13(11-15)5-8-19(23)21-10-9-18(22)16-12-14(20)6-7-17(16)21/h2-4,6-7,11-12H,5,8-10H2,1H3. The van der Waals surface area contributed by atoms with E-state index in [1.165, 1.54) is 18.2 Å². The molecule has 124 valence electrons. The predicted octanol–water partition coefficient (Wildman–Crippen LogP) is 3.39. The molecular weight excluding hydrogens is 309 g/mol. The summed E-state index contributed by atoms with van der Waals surface area (Å²) in [6.07, 6.45) is 1.12. The molecule has 1 aliphatic heterocycles. The molecule has 0 fully saturated rings. The van der Waals surface area contributed by atoms with Gasteiger partial charge in [-0.25, -0.2) is 4.39 Å². The van der Waals surface area contributed by atoms with E-state index in [0.717, 1.165) is 11.3 Å². The number of amides is 1. The van der Waals surface area contributed by atoms with Crippen LogP contribution in [0.3, 0.4) is 0 Å². The van der Waals surface area contributed by atoms with Crippen LogP contribution in [-0.4, -0.2) is 25.3 Å². The Balaban J connectivity index is 1.74. The first-order valence-electron chi connectivity index (χ1n) is 7.84. The van der Waals surface area contributed by atoms with Crippen LogP contribution in [0.4, 0.5) is 10.1 Å². The van der Waals surface area contributed by atoms with Crippen molar-refractivity contribution in [1.29, 1.82) is 0 Å². The number of halogens is 1. The van der Waals surface area contributed by atoms with Crippen LogP contribution >= 0.6 is 0 Å². The lowest BCUT2D eigenvalue weighted by molar-refractivity contribution is -0.118. The molecule has 0 saturated carbocycles. The molecule has 2 aromatic carbocycles. The summed E-state index contributed by atoms with van der Waals surface area (Å²) in [7, 11) is 1.60. The van der Waals surface area contributed by atoms with Gasteiger partial charge < -0.3 is 9.64 Å². The molecule has 0 N–H and O–H groups in total. The molecule has 3 rings (SSSR count). The molecule has 1 amide bonds. The number of anilines is 1. The predicted molar refractivity (Wildman–Crippen MR) is 89.0 cm³/mol. The number of ketones is 1. The Morgan fingerprint density at radius 3 is 2.88 bits per heavy atom. The molecule has 0 atom stereocenters. The summed E-state index contributed by atoms with van der Waals surface area (Å²) >= 11 is 0. The Bertz CT molecular complexity index is 788. The highest BCUT2D eigenvalue weighted by atomic mass is 19.1. The third-order valence-corrected chi connectivity index (χ3v) is 4.18. The van der Waals surface area contributed by atoms with Gasteiger partial charge in [0.25, 0.3) is 0 Å². The van der Waals surface area contributed by atoms with Crippen molar-refractivity contribution in [2.45, 2.75) is 19.3 Å². The van der Waals surface area contributed by atoms with Crippen molar-refractivity contribution in [2.24, 2.45) is 0 Å². The molecule has 0 aromatic heterocycles. The maximum Gasteiger partial charge on any atom is 0.227 e. The number of nitrogens with zero attached hydrogens (tertiary/aromatic N) is 1. The van der Waals surface area contributed by atoms with Gasteiger partial charge in [0.05, 0.1) is 12.8 Å². The molecule has 0 saturated heterocycles. The van der Waals surface area contributed by atoms with Crippen molar-refractivity contribution in [3.63, 3.8) is 0 Å². The lowest BCUT2D eigenvalue weighted by Gasteiger charge is -2.28. The molecule has 0 radical (unpaired) electrons. The maximum absolute atomic E-state index is 13.4. The number of carbonyl (C=O) groups excluding carboxylic acids is 2. The quantitative estimate of drug-likeness (QED) is 0.865. The number of aryl methyl sites for hydroxylation is 1. The van der Waals surface area contributed by atoms with Gasteiger partial charge in [0.15, 0.2) is 5.78 Å². The summed E-state index contributed by atoms with van der Waals surface area (Å²) in [5, 5.41) is 0. The van der Waals surface area contributed by atoms with E-state index in [1.54, 1.807) is 12.0 Å². The lowest BCUT2D eigenvalue weighted by atomic mass is 9.99. The van der Waals surface area contributed by atoms with Gasteiger partial charge in [0.1, 0.15) is 11.6 Å². The number of fused-ring (bicyclic) bond motifs is 1. The average Bonchev–Trinajstić information content (AvgIpc) is 2.60. The minimum absolute atomic E-state index is 0.0711. The summed E-state index contributed by atoms with van der Waals surface area (Å²) in [4.78, 5) is 26.1. The molecule has 0 unspecified atom stereocenters. The summed E-state index contributed by atoms with van der Waals surface area (Å²) in [5.74, 6) is 0.0941. The van der Waals surface area contributed by atoms with Gasteiger partial charge in [0.2, 0.25) is 5.91 Å². The van der Waals surface area contributed by atoms with Gasteiger partial charge in [0, 0.05) is 24.9 Å². The fourth-order valence-corrected chi connectivity index (χ4v) is 2.91. The molecule has 1 aliphatic rings. The van der Waals surface area contributed by atoms with E-state index < -0.39 is 5.82 Å². The molecule has 5 heteroatoms. The third kappa shape index (κ3) is 3.30. The molecule has 24 heavy (non-hydrogen) atoms. The number of methoxy groups -OCH3 is 1. The largest absolute Gasteiger partial charge is 0.497 e. The van der Waals surface area contributed by atoms with Crippen LogP contribution < -0.4 is 9.64 Å². The van der Waals surface area contributed by atoms with E-state index in [9.17, 15) is 14.0 Å². The lowest BCUT2D eigenvalue weighted by Crippen LogP contribution is -2.37. The van der Waals surface area contributed by atoms with Gasteiger partial charge >= 0.3 is 0 Å². The summed E-state index contributed by atoms with van der Waals surface area (Å²) in [5.41, 5.74) is 1.80. The third-order valence-electron chi connectivity index (χ3n) is 4.18. The molecular formula is C19H18FNO3. The topological polar surface area (TPSA) is 46.6 Å². The second kappa shape index (κ2) is 6.83. The SMILES string of the molecule is COc1cccc(CCC(=O)N2CCC(=O)c3cc(F)ccc32)c1. The minimum Gasteiger partial charge on any atom is -0.497 e. The van der Waals surface area contributed by atoms with Crippen molar-refractivity contribution in [3.8, 4) is 5.75 Å². The first-order chi connectivity index (χ1) is 11.6. The highest BCUT2D eigenvalue weighted by Crippen LogP contribution is 2.28. The van der Waals surface area contributed by atoms with Crippen LogP contribution in [0.25, 0.3) is 0 Å². The second-order valence-corrected chi connectivity index (χ2v) is 5.73. The van der Waals surface area contributed by atoms with E-state index in [-0.39, 0.29) is 23.7 Å². The molecule has 2 aromatic rings. The number of hydrogen-bond acceptors (Lipinski definition) is 3. The smallest absolute Gasteiger partial charge is 0.227 e. The number of hydrogen-bond donors (Lipinski definition) is 0. The Labute approximate surface area is 139 Å². The molecule has 1 heterocycles. The van der Waals surface area contributed by atoms with Crippen LogP contribution in [0.15, 0.2) is 42.5 Å². The van der Waals surface area contributed by atoms with E-state index in [4.69, 9.17) is 4.74 Å². The molecule has 0 bridgehead atoms. The number of benzene rings is 2. The molecule has 0 aliphatic carbocycles. The average molecular weight is 327 g/mol. The Kier molecular flexibility index (Phi) is 4.60. The Morgan fingerprint density at radius 1 is 1.25 bits per heavy atom. The van der Waals surface area contributed by atoms with E-state index in [2.05, 4.69) is 0 Å². The van der Waals surface area contributed by atoms with E-state index in [1.807, 2.05) is 24.3 Å². The van der Waals surface area contributed by atoms with Gasteiger partial charge in [-0.15, -0.1) is 0 Å². The normalized spacial score (nSPS) is 13.6. The van der Waals surface area contributed by atoms with Gasteiger partial charge in [-0.05, 0) is 42.3 Å². The first-order valence-corrected chi connectivity index (χ1v) is 7.84. The van der Waals surface area contributed by atoms with Crippen LogP contribution in [0.5, 0.6) is 5.75 Å². The number of rotatable bonds is 4. The summed E-state index contributed by atoms with van der Waals surface area (Å²) in [6.45, 7) is 0.342. The van der Waals surface area contributed by atoms with Gasteiger partial charge in [-0.2, -0.15) is 0 Å². The molecule has 4 nitrogen and oxygen atoms in total. The van der Waals surface area contributed by atoms with E-state index >= 15 is 0 Å². The van der Waals surface area contributed by atoms with Gasteiger partial charge in [-0.1, -0.05) is 12.1 Å². The van der Waals surface area contributed by atoms with Crippen LogP contribution in [-0.2, 0) is 11.2 Å². The van der Waals surface area contributed by atoms with Crippen LogP contribution in [0.2, 0.25) is 0 Å². The zero-order chi connectivity index (χ0) is 17.1. The summed E-state index contributed by atoms with van der Waals surface area (Å²) < 4.78 is 18.5. The number of ether oxygens (including phenoxy) is 1. The molecule has 0 spiro atoms. The maximum atomic E-state index is 13.4. The fraction of sp³-hybridized carbons (Fsp3) is 0.263. The van der Waals surface area contributed by atoms with Crippen LogP contribution in [0.1, 0.15) is 28.8 Å².